The minimum Gasteiger partial charge on any atom is -0.462 e. The zero-order valence-corrected chi connectivity index (χ0v) is 10.5. The lowest BCUT2D eigenvalue weighted by Gasteiger charge is -2.18. The molecule has 1 aliphatic heterocycles. The average Bonchev–Trinajstić information content (AvgIpc) is 2.64. The SMILES string of the molecule is CCC(C(=O)OC(C)C)C(=O)[C@@H]1CCC(=O)N1. The fourth-order valence-corrected chi connectivity index (χ4v) is 1.87. The molecule has 1 saturated heterocycles. The predicted octanol–water partition coefficient (Wildman–Crippen LogP) is 0.812. The van der Waals surface area contributed by atoms with Crippen molar-refractivity contribution in [2.75, 3.05) is 0 Å². The highest BCUT2D eigenvalue weighted by Gasteiger charge is 2.36. The van der Waals surface area contributed by atoms with Gasteiger partial charge < -0.3 is 10.1 Å². The first kappa shape index (κ1) is 13.7. The summed E-state index contributed by atoms with van der Waals surface area (Å²) in [7, 11) is 0. The quantitative estimate of drug-likeness (QED) is 0.571. The van der Waals surface area contributed by atoms with Gasteiger partial charge in [-0.25, -0.2) is 0 Å². The monoisotopic (exact) mass is 241 g/mol. The maximum absolute atomic E-state index is 12.0. The highest BCUT2D eigenvalue weighted by Crippen LogP contribution is 2.16. The maximum atomic E-state index is 12.0. The number of ketones is 1. The smallest absolute Gasteiger partial charge is 0.316 e. The van der Waals surface area contributed by atoms with Crippen LogP contribution in [-0.4, -0.2) is 29.8 Å². The fraction of sp³-hybridized carbons (Fsp3) is 0.750. The van der Waals surface area contributed by atoms with Gasteiger partial charge in [-0.3, -0.25) is 14.4 Å². The van der Waals surface area contributed by atoms with E-state index in [1.807, 2.05) is 0 Å². The zero-order valence-electron chi connectivity index (χ0n) is 10.5. The van der Waals surface area contributed by atoms with Crippen LogP contribution in [0.1, 0.15) is 40.0 Å². The predicted molar refractivity (Wildman–Crippen MR) is 61.2 cm³/mol. The Kier molecular flexibility index (Phi) is 4.66. The number of carbonyl (C=O) groups excluding carboxylic acids is 3. The van der Waals surface area contributed by atoms with Crippen molar-refractivity contribution in [3.63, 3.8) is 0 Å². The normalized spacial score (nSPS) is 21.2. The molecule has 5 nitrogen and oxygen atoms in total. The van der Waals surface area contributed by atoms with E-state index in [-0.39, 0.29) is 17.8 Å². The van der Waals surface area contributed by atoms with Crippen LogP contribution < -0.4 is 5.32 Å². The molecule has 0 bridgehead atoms. The van der Waals surface area contributed by atoms with Gasteiger partial charge in [-0.1, -0.05) is 6.92 Å². The number of nitrogens with one attached hydrogen (secondary N) is 1. The van der Waals surface area contributed by atoms with Crippen LogP contribution in [0, 0.1) is 5.92 Å². The van der Waals surface area contributed by atoms with Gasteiger partial charge in [0.05, 0.1) is 12.1 Å². The summed E-state index contributed by atoms with van der Waals surface area (Å²) in [5.74, 6) is -1.62. The van der Waals surface area contributed by atoms with Crippen molar-refractivity contribution in [2.45, 2.75) is 52.2 Å². The molecule has 5 heteroatoms. The molecule has 0 aromatic heterocycles. The fourth-order valence-electron chi connectivity index (χ4n) is 1.87. The summed E-state index contributed by atoms with van der Waals surface area (Å²) in [4.78, 5) is 34.8. The van der Waals surface area contributed by atoms with Crippen molar-refractivity contribution >= 4 is 17.7 Å². The van der Waals surface area contributed by atoms with Crippen molar-refractivity contribution in [3.05, 3.63) is 0 Å². The molecule has 0 aromatic rings. The molecule has 1 amide bonds. The standard InChI is InChI=1S/C12H19NO4/c1-4-8(12(16)17-7(2)3)11(15)9-5-6-10(14)13-9/h7-9H,4-6H2,1-3H3,(H,13,14)/t8?,9-/m0/s1. The van der Waals surface area contributed by atoms with Crippen molar-refractivity contribution in [1.29, 1.82) is 0 Å². The third kappa shape index (κ3) is 3.54. The molecule has 1 heterocycles. The lowest BCUT2D eigenvalue weighted by Crippen LogP contribution is -2.40. The number of Topliss-reactive ketones (excluding diaryl/α,β-unsaturated/α-hetero) is 1. The number of amides is 1. The van der Waals surface area contributed by atoms with Crippen LogP contribution in [0.2, 0.25) is 0 Å². The van der Waals surface area contributed by atoms with Crippen LogP contribution in [0.3, 0.4) is 0 Å². The Hall–Kier alpha value is -1.39. The first-order valence-corrected chi connectivity index (χ1v) is 5.99. The second-order valence-corrected chi connectivity index (χ2v) is 4.51. The van der Waals surface area contributed by atoms with Crippen LogP contribution in [-0.2, 0) is 19.1 Å². The van der Waals surface area contributed by atoms with Crippen molar-refractivity contribution in [1.82, 2.24) is 5.32 Å². The number of hydrogen-bond acceptors (Lipinski definition) is 4. The Morgan fingerprint density at radius 1 is 1.47 bits per heavy atom. The largest absolute Gasteiger partial charge is 0.462 e. The van der Waals surface area contributed by atoms with Gasteiger partial charge in [-0.2, -0.15) is 0 Å². The van der Waals surface area contributed by atoms with E-state index in [2.05, 4.69) is 5.32 Å². The third-order valence-electron chi connectivity index (χ3n) is 2.73. The van der Waals surface area contributed by atoms with Crippen LogP contribution in [0.25, 0.3) is 0 Å². The van der Waals surface area contributed by atoms with Gasteiger partial charge in [0.15, 0.2) is 5.78 Å². The lowest BCUT2D eigenvalue weighted by molar-refractivity contribution is -0.156. The number of ether oxygens (including phenoxy) is 1. The number of esters is 1. The summed E-state index contributed by atoms with van der Waals surface area (Å²) in [6.07, 6.45) is 0.994. The van der Waals surface area contributed by atoms with Gasteiger partial charge in [0.2, 0.25) is 5.91 Å². The summed E-state index contributed by atoms with van der Waals surface area (Å²) in [5, 5.41) is 2.58. The Labute approximate surface area is 101 Å². The maximum Gasteiger partial charge on any atom is 0.316 e. The van der Waals surface area contributed by atoms with Crippen LogP contribution in [0.15, 0.2) is 0 Å². The van der Waals surface area contributed by atoms with Crippen LogP contribution in [0.4, 0.5) is 0 Å². The lowest BCUT2D eigenvalue weighted by atomic mass is 9.95. The van der Waals surface area contributed by atoms with E-state index in [0.29, 0.717) is 19.3 Å². The number of rotatable bonds is 5. The van der Waals surface area contributed by atoms with Gasteiger partial charge in [-0.15, -0.1) is 0 Å². The summed E-state index contributed by atoms with van der Waals surface area (Å²) in [5.41, 5.74) is 0. The number of carbonyl (C=O) groups is 3. The van der Waals surface area contributed by atoms with E-state index < -0.39 is 17.9 Å². The molecule has 0 aromatic carbocycles. The van der Waals surface area contributed by atoms with E-state index in [0.717, 1.165) is 0 Å². The van der Waals surface area contributed by atoms with Gasteiger partial charge >= 0.3 is 5.97 Å². The number of hydrogen-bond donors (Lipinski definition) is 1. The average molecular weight is 241 g/mol. The molecule has 2 atom stereocenters. The molecule has 0 saturated carbocycles. The van der Waals surface area contributed by atoms with E-state index >= 15 is 0 Å². The van der Waals surface area contributed by atoms with Crippen molar-refractivity contribution in [2.24, 2.45) is 5.92 Å². The molecule has 1 unspecified atom stereocenters. The minimum absolute atomic E-state index is 0.129. The van der Waals surface area contributed by atoms with E-state index in [1.165, 1.54) is 0 Å². The zero-order chi connectivity index (χ0) is 13.0. The molecule has 17 heavy (non-hydrogen) atoms. The topological polar surface area (TPSA) is 72.5 Å². The first-order valence-electron chi connectivity index (χ1n) is 5.99. The molecule has 1 rings (SSSR count). The molecule has 96 valence electrons. The van der Waals surface area contributed by atoms with E-state index in [1.54, 1.807) is 20.8 Å². The highest BCUT2D eigenvalue weighted by atomic mass is 16.5. The molecular formula is C12H19NO4. The van der Waals surface area contributed by atoms with Gasteiger partial charge in [-0.05, 0) is 26.7 Å². The highest BCUT2D eigenvalue weighted by molar-refractivity contribution is 6.04. The van der Waals surface area contributed by atoms with Crippen molar-refractivity contribution < 1.29 is 19.1 Å². The van der Waals surface area contributed by atoms with Crippen LogP contribution in [0.5, 0.6) is 0 Å². The van der Waals surface area contributed by atoms with E-state index in [4.69, 9.17) is 4.74 Å². The molecule has 0 radical (unpaired) electrons. The Balaban J connectivity index is 2.63. The van der Waals surface area contributed by atoms with Gasteiger partial charge in [0.1, 0.15) is 5.92 Å². The summed E-state index contributed by atoms with van der Waals surface area (Å²) >= 11 is 0. The second-order valence-electron chi connectivity index (χ2n) is 4.51. The molecular weight excluding hydrogens is 222 g/mol. The first-order chi connectivity index (χ1) is 7.95. The third-order valence-corrected chi connectivity index (χ3v) is 2.73. The Morgan fingerprint density at radius 2 is 2.12 bits per heavy atom. The Bertz CT molecular complexity index is 324. The van der Waals surface area contributed by atoms with E-state index in [9.17, 15) is 14.4 Å². The molecule has 1 aliphatic rings. The van der Waals surface area contributed by atoms with Crippen LogP contribution >= 0.6 is 0 Å². The Morgan fingerprint density at radius 3 is 2.53 bits per heavy atom. The van der Waals surface area contributed by atoms with Gasteiger partial charge in [0, 0.05) is 6.42 Å². The summed E-state index contributed by atoms with van der Waals surface area (Å²) in [6, 6.07) is -0.521. The van der Waals surface area contributed by atoms with Crippen molar-refractivity contribution in [3.8, 4) is 0 Å². The minimum atomic E-state index is -0.763. The second kappa shape index (κ2) is 5.80. The summed E-state index contributed by atoms with van der Waals surface area (Å²) in [6.45, 7) is 5.25. The summed E-state index contributed by atoms with van der Waals surface area (Å²) < 4.78 is 5.04. The molecule has 1 N–H and O–H groups in total. The molecule has 0 aliphatic carbocycles. The molecule has 0 spiro atoms. The molecule has 1 fully saturated rings. The van der Waals surface area contributed by atoms with Gasteiger partial charge in [0.25, 0.3) is 0 Å².